The first-order valence-corrected chi connectivity index (χ1v) is 4.08. The fourth-order valence-electron chi connectivity index (χ4n) is 0.991. The summed E-state index contributed by atoms with van der Waals surface area (Å²) in [6, 6.07) is 1.29. The molecule has 0 spiro atoms. The summed E-state index contributed by atoms with van der Waals surface area (Å²) in [5, 5.41) is 0. The van der Waals surface area contributed by atoms with Crippen LogP contribution in [-0.4, -0.2) is 9.97 Å². The van der Waals surface area contributed by atoms with Crippen LogP contribution < -0.4 is 11.3 Å². The molecular weight excluding hydrogens is 154 g/mol. The number of nitrogen functional groups attached to an aromatic ring is 1. The second-order valence-corrected chi connectivity index (χ2v) is 2.72. The molecule has 0 aliphatic carbocycles. The molecular formula is C8H13N3O. The first-order valence-electron chi connectivity index (χ1n) is 4.08. The number of aromatic amines is 1. The fraction of sp³-hybridized carbons (Fsp3) is 0.500. The van der Waals surface area contributed by atoms with Crippen LogP contribution in [0.25, 0.3) is 0 Å². The first kappa shape index (κ1) is 8.77. The van der Waals surface area contributed by atoms with Crippen molar-refractivity contribution in [2.24, 2.45) is 0 Å². The van der Waals surface area contributed by atoms with Crippen LogP contribution in [0.15, 0.2) is 10.9 Å². The van der Waals surface area contributed by atoms with Crippen molar-refractivity contribution < 1.29 is 0 Å². The van der Waals surface area contributed by atoms with E-state index >= 15 is 0 Å². The Labute approximate surface area is 70.8 Å². The molecule has 0 unspecified atom stereocenters. The highest BCUT2D eigenvalue weighted by Crippen LogP contribution is 1.98. The van der Waals surface area contributed by atoms with E-state index in [9.17, 15) is 4.79 Å². The number of H-pyrrole nitrogens is 1. The predicted molar refractivity (Wildman–Crippen MR) is 47.9 cm³/mol. The monoisotopic (exact) mass is 167 g/mol. The zero-order chi connectivity index (χ0) is 8.97. The molecule has 1 rings (SSSR count). The smallest absolute Gasteiger partial charge is 0.252 e. The molecule has 0 aliphatic rings. The summed E-state index contributed by atoms with van der Waals surface area (Å²) in [4.78, 5) is 17.5. The van der Waals surface area contributed by atoms with Gasteiger partial charge in [-0.25, -0.2) is 4.98 Å². The molecule has 0 saturated heterocycles. The second kappa shape index (κ2) is 3.90. The molecule has 1 heterocycles. The number of anilines is 1. The van der Waals surface area contributed by atoms with Gasteiger partial charge in [0.15, 0.2) is 0 Å². The lowest BCUT2D eigenvalue weighted by Crippen LogP contribution is -2.12. The highest BCUT2D eigenvalue weighted by Gasteiger charge is 1.96. The van der Waals surface area contributed by atoms with E-state index in [-0.39, 0.29) is 5.56 Å². The SMILES string of the molecule is CCCCc1nc(N)cc(=O)[nH]1. The van der Waals surface area contributed by atoms with E-state index in [1.54, 1.807) is 0 Å². The average molecular weight is 167 g/mol. The van der Waals surface area contributed by atoms with Gasteiger partial charge in [0, 0.05) is 12.5 Å². The maximum absolute atomic E-state index is 10.9. The summed E-state index contributed by atoms with van der Waals surface area (Å²) in [5.74, 6) is 0.978. The normalized spacial score (nSPS) is 10.1. The number of nitrogens with zero attached hydrogens (tertiary/aromatic N) is 1. The van der Waals surface area contributed by atoms with E-state index in [1.165, 1.54) is 6.07 Å². The number of unbranched alkanes of at least 4 members (excludes halogenated alkanes) is 1. The average Bonchev–Trinajstić information content (AvgIpc) is 1.99. The molecule has 1 aromatic heterocycles. The van der Waals surface area contributed by atoms with E-state index < -0.39 is 0 Å². The summed E-state index contributed by atoms with van der Waals surface area (Å²) in [5.41, 5.74) is 5.23. The highest BCUT2D eigenvalue weighted by atomic mass is 16.1. The van der Waals surface area contributed by atoms with Crippen molar-refractivity contribution in [2.75, 3.05) is 5.73 Å². The van der Waals surface area contributed by atoms with Gasteiger partial charge in [0.1, 0.15) is 11.6 Å². The summed E-state index contributed by atoms with van der Waals surface area (Å²) in [6.45, 7) is 2.09. The van der Waals surface area contributed by atoms with Crippen molar-refractivity contribution in [2.45, 2.75) is 26.2 Å². The Morgan fingerprint density at radius 2 is 2.42 bits per heavy atom. The predicted octanol–water partition coefficient (Wildman–Crippen LogP) is 0.695. The van der Waals surface area contributed by atoms with Crippen molar-refractivity contribution in [1.29, 1.82) is 0 Å². The van der Waals surface area contributed by atoms with E-state index in [2.05, 4.69) is 16.9 Å². The van der Waals surface area contributed by atoms with Crippen molar-refractivity contribution in [3.63, 3.8) is 0 Å². The van der Waals surface area contributed by atoms with E-state index in [0.29, 0.717) is 11.6 Å². The molecule has 1 aromatic rings. The Bertz CT molecular complexity index is 305. The molecule has 0 bridgehead atoms. The fourth-order valence-corrected chi connectivity index (χ4v) is 0.991. The molecule has 0 aromatic carbocycles. The molecule has 3 N–H and O–H groups in total. The highest BCUT2D eigenvalue weighted by molar-refractivity contribution is 5.25. The van der Waals surface area contributed by atoms with E-state index in [0.717, 1.165) is 19.3 Å². The molecule has 66 valence electrons. The van der Waals surface area contributed by atoms with Gasteiger partial charge in [-0.2, -0.15) is 0 Å². The van der Waals surface area contributed by atoms with E-state index in [4.69, 9.17) is 5.73 Å². The van der Waals surface area contributed by atoms with Crippen LogP contribution in [0, 0.1) is 0 Å². The molecule has 0 amide bonds. The summed E-state index contributed by atoms with van der Waals surface area (Å²) < 4.78 is 0. The minimum Gasteiger partial charge on any atom is -0.383 e. The maximum atomic E-state index is 10.9. The molecule has 0 atom stereocenters. The van der Waals surface area contributed by atoms with Gasteiger partial charge < -0.3 is 10.7 Å². The Kier molecular flexibility index (Phi) is 2.85. The van der Waals surface area contributed by atoms with E-state index in [1.807, 2.05) is 0 Å². The molecule has 4 heteroatoms. The van der Waals surface area contributed by atoms with Gasteiger partial charge in [0.25, 0.3) is 5.56 Å². The number of rotatable bonds is 3. The molecule has 12 heavy (non-hydrogen) atoms. The van der Waals surface area contributed by atoms with Crippen LogP contribution in [-0.2, 0) is 6.42 Å². The van der Waals surface area contributed by atoms with Gasteiger partial charge in [-0.15, -0.1) is 0 Å². The van der Waals surface area contributed by atoms with Crippen LogP contribution in [0.2, 0.25) is 0 Å². The molecule has 4 nitrogen and oxygen atoms in total. The lowest BCUT2D eigenvalue weighted by atomic mass is 10.2. The molecule has 0 saturated carbocycles. The summed E-state index contributed by atoms with van der Waals surface area (Å²) in [6.07, 6.45) is 2.89. The lowest BCUT2D eigenvalue weighted by molar-refractivity contribution is 0.749. The minimum absolute atomic E-state index is 0.173. The van der Waals surface area contributed by atoms with Crippen molar-refractivity contribution in [1.82, 2.24) is 9.97 Å². The van der Waals surface area contributed by atoms with Crippen LogP contribution in [0.1, 0.15) is 25.6 Å². The van der Waals surface area contributed by atoms with Gasteiger partial charge in [0.2, 0.25) is 0 Å². The van der Waals surface area contributed by atoms with Crippen molar-refractivity contribution >= 4 is 5.82 Å². The third-order valence-electron chi connectivity index (χ3n) is 1.58. The lowest BCUT2D eigenvalue weighted by Gasteiger charge is -1.98. The maximum Gasteiger partial charge on any atom is 0.252 e. The van der Waals surface area contributed by atoms with Crippen LogP contribution in [0.3, 0.4) is 0 Å². The summed E-state index contributed by atoms with van der Waals surface area (Å²) in [7, 11) is 0. The molecule has 0 radical (unpaired) electrons. The van der Waals surface area contributed by atoms with Gasteiger partial charge >= 0.3 is 0 Å². The third-order valence-corrected chi connectivity index (χ3v) is 1.58. The second-order valence-electron chi connectivity index (χ2n) is 2.72. The van der Waals surface area contributed by atoms with Gasteiger partial charge in [-0.05, 0) is 6.42 Å². The topological polar surface area (TPSA) is 71.8 Å². The van der Waals surface area contributed by atoms with Gasteiger partial charge in [-0.1, -0.05) is 13.3 Å². The van der Waals surface area contributed by atoms with Crippen LogP contribution in [0.4, 0.5) is 5.82 Å². The first-order chi connectivity index (χ1) is 5.72. The van der Waals surface area contributed by atoms with Crippen LogP contribution in [0.5, 0.6) is 0 Å². The largest absolute Gasteiger partial charge is 0.383 e. The number of nitrogens with one attached hydrogen (secondary N) is 1. The van der Waals surface area contributed by atoms with Gasteiger partial charge in [0.05, 0.1) is 0 Å². The molecule has 0 fully saturated rings. The quantitative estimate of drug-likeness (QED) is 0.695. The molecule has 0 aliphatic heterocycles. The van der Waals surface area contributed by atoms with Crippen molar-refractivity contribution in [3.05, 3.63) is 22.2 Å². The number of aryl methyl sites for hydroxylation is 1. The number of aromatic nitrogens is 2. The Morgan fingerprint density at radius 1 is 1.67 bits per heavy atom. The van der Waals surface area contributed by atoms with Crippen molar-refractivity contribution in [3.8, 4) is 0 Å². The Morgan fingerprint density at radius 3 is 3.00 bits per heavy atom. The number of hydrogen-bond acceptors (Lipinski definition) is 3. The standard InChI is InChI=1S/C8H13N3O/c1-2-3-4-7-10-6(9)5-8(12)11-7/h5H,2-4H2,1H3,(H3,9,10,11,12). The number of nitrogens with two attached hydrogens (primary N) is 1. The zero-order valence-corrected chi connectivity index (χ0v) is 7.13. The minimum atomic E-state index is -0.173. The summed E-state index contributed by atoms with van der Waals surface area (Å²) >= 11 is 0. The third kappa shape index (κ3) is 2.38. The Balaban J connectivity index is 2.79. The Hall–Kier alpha value is -1.32. The zero-order valence-electron chi connectivity index (χ0n) is 7.13. The van der Waals surface area contributed by atoms with Crippen LogP contribution >= 0.6 is 0 Å². The number of hydrogen-bond donors (Lipinski definition) is 2. The van der Waals surface area contributed by atoms with Gasteiger partial charge in [-0.3, -0.25) is 4.79 Å².